The average molecular weight is 339 g/mol. The Kier molecular flexibility index (Phi) is 4.96. The van der Waals surface area contributed by atoms with Gasteiger partial charge in [-0.05, 0) is 36.8 Å². The van der Waals surface area contributed by atoms with Crippen LogP contribution in [-0.2, 0) is 9.59 Å². The number of anilines is 1. The first-order chi connectivity index (χ1) is 11.6. The number of carbonyl (C=O) groups excluding carboxylic acids is 2. The maximum absolute atomic E-state index is 12.1. The molecule has 0 radical (unpaired) electrons. The van der Waals surface area contributed by atoms with Crippen molar-refractivity contribution in [3.8, 4) is 0 Å². The zero-order chi connectivity index (χ0) is 16.9. The van der Waals surface area contributed by atoms with E-state index in [9.17, 15) is 9.59 Å². The Morgan fingerprint density at radius 1 is 1.21 bits per heavy atom. The third-order valence-corrected chi connectivity index (χ3v) is 4.52. The highest BCUT2D eigenvalue weighted by Gasteiger charge is 2.32. The molecule has 1 atom stereocenters. The number of thioether (sulfide) groups is 1. The second-order valence-electron chi connectivity index (χ2n) is 5.47. The quantitative estimate of drug-likeness (QED) is 0.898. The van der Waals surface area contributed by atoms with Gasteiger partial charge in [0.15, 0.2) is 5.17 Å². The van der Waals surface area contributed by atoms with Gasteiger partial charge >= 0.3 is 0 Å². The topological polar surface area (TPSA) is 70.6 Å². The third kappa shape index (κ3) is 4.23. The van der Waals surface area contributed by atoms with Crippen LogP contribution in [0.2, 0.25) is 0 Å². The molecular formula is C18H17N3O2S. The second-order valence-corrected chi connectivity index (χ2v) is 6.66. The molecule has 2 N–H and O–H groups in total. The molecule has 0 bridgehead atoms. The van der Waals surface area contributed by atoms with E-state index in [1.54, 1.807) is 0 Å². The summed E-state index contributed by atoms with van der Waals surface area (Å²) in [6.07, 6.45) is 0.109. The van der Waals surface area contributed by atoms with Crippen LogP contribution >= 0.6 is 11.8 Å². The lowest BCUT2D eigenvalue weighted by molar-refractivity contribution is -0.122. The van der Waals surface area contributed by atoms with E-state index < -0.39 is 5.25 Å². The van der Waals surface area contributed by atoms with Crippen molar-refractivity contribution in [3.63, 3.8) is 0 Å². The Morgan fingerprint density at radius 2 is 2.00 bits per heavy atom. The van der Waals surface area contributed by atoms with Gasteiger partial charge in [0, 0.05) is 12.1 Å². The standard InChI is InChI=1S/C18H17N3O2S/c1-12-6-5-9-14(10-12)19-16(22)11-15-17(23)21-18(24-15)20-13-7-3-2-4-8-13/h2-10,15H,11H2,1H3,(H,19,22)(H,20,21,23). The largest absolute Gasteiger partial charge is 0.326 e. The van der Waals surface area contributed by atoms with Gasteiger partial charge in [-0.2, -0.15) is 0 Å². The van der Waals surface area contributed by atoms with Crippen molar-refractivity contribution >= 4 is 40.1 Å². The number of amidine groups is 1. The van der Waals surface area contributed by atoms with Crippen molar-refractivity contribution in [2.75, 3.05) is 5.32 Å². The van der Waals surface area contributed by atoms with Gasteiger partial charge in [0.25, 0.3) is 0 Å². The highest BCUT2D eigenvalue weighted by Crippen LogP contribution is 2.25. The van der Waals surface area contributed by atoms with E-state index in [1.807, 2.05) is 61.5 Å². The van der Waals surface area contributed by atoms with Gasteiger partial charge in [-0.1, -0.05) is 42.1 Å². The summed E-state index contributed by atoms with van der Waals surface area (Å²) >= 11 is 1.28. The molecule has 24 heavy (non-hydrogen) atoms. The van der Waals surface area contributed by atoms with Gasteiger partial charge in [0.05, 0.1) is 5.69 Å². The van der Waals surface area contributed by atoms with E-state index in [-0.39, 0.29) is 18.2 Å². The van der Waals surface area contributed by atoms with Crippen LogP contribution in [0.1, 0.15) is 12.0 Å². The summed E-state index contributed by atoms with van der Waals surface area (Å²) in [6.45, 7) is 1.96. The summed E-state index contributed by atoms with van der Waals surface area (Å²) in [5, 5.41) is 5.61. The lowest BCUT2D eigenvalue weighted by atomic mass is 10.2. The molecule has 1 fully saturated rings. The van der Waals surface area contributed by atoms with E-state index in [1.165, 1.54) is 11.8 Å². The molecule has 0 spiro atoms. The number of benzene rings is 2. The molecule has 2 amide bonds. The van der Waals surface area contributed by atoms with E-state index in [4.69, 9.17) is 0 Å². The van der Waals surface area contributed by atoms with Crippen LogP contribution in [0.4, 0.5) is 11.4 Å². The predicted molar refractivity (Wildman–Crippen MR) is 97.5 cm³/mol. The molecule has 1 aliphatic heterocycles. The van der Waals surface area contributed by atoms with Crippen LogP contribution in [-0.4, -0.2) is 22.2 Å². The van der Waals surface area contributed by atoms with Crippen LogP contribution in [0.15, 0.2) is 59.6 Å². The number of nitrogens with one attached hydrogen (secondary N) is 2. The Labute approximate surface area is 144 Å². The van der Waals surface area contributed by atoms with Crippen LogP contribution in [0.25, 0.3) is 0 Å². The smallest absolute Gasteiger partial charge is 0.240 e. The zero-order valence-electron chi connectivity index (χ0n) is 13.2. The van der Waals surface area contributed by atoms with Crippen molar-refractivity contribution in [2.45, 2.75) is 18.6 Å². The Bertz CT molecular complexity index is 790. The highest BCUT2D eigenvalue weighted by molar-refractivity contribution is 8.15. The number of nitrogens with zero attached hydrogens (tertiary/aromatic N) is 1. The normalized spacial score (nSPS) is 18.5. The van der Waals surface area contributed by atoms with Crippen LogP contribution in [0.5, 0.6) is 0 Å². The summed E-state index contributed by atoms with van der Waals surface area (Å²) in [5.74, 6) is -0.372. The first-order valence-corrected chi connectivity index (χ1v) is 8.46. The molecule has 6 heteroatoms. The van der Waals surface area contributed by atoms with E-state index in [0.29, 0.717) is 5.17 Å². The predicted octanol–water partition coefficient (Wildman–Crippen LogP) is 3.24. The van der Waals surface area contributed by atoms with Crippen molar-refractivity contribution in [1.82, 2.24) is 5.32 Å². The molecule has 2 aromatic carbocycles. The SMILES string of the molecule is Cc1cccc(NC(=O)CC2SC(=Nc3ccccc3)NC2=O)c1. The number of hydrogen-bond acceptors (Lipinski definition) is 4. The van der Waals surface area contributed by atoms with E-state index in [2.05, 4.69) is 15.6 Å². The first kappa shape index (κ1) is 16.3. The lowest BCUT2D eigenvalue weighted by Crippen LogP contribution is -2.28. The Balaban J connectivity index is 1.60. The summed E-state index contributed by atoms with van der Waals surface area (Å²) < 4.78 is 0. The molecular weight excluding hydrogens is 322 g/mol. The maximum atomic E-state index is 12.1. The van der Waals surface area contributed by atoms with Crippen molar-refractivity contribution in [2.24, 2.45) is 4.99 Å². The Hall–Kier alpha value is -2.60. The number of aliphatic imine (C=N–C) groups is 1. The number of amides is 2. The number of carbonyl (C=O) groups is 2. The van der Waals surface area contributed by atoms with E-state index in [0.717, 1.165) is 16.9 Å². The van der Waals surface area contributed by atoms with Gasteiger partial charge in [-0.25, -0.2) is 4.99 Å². The van der Waals surface area contributed by atoms with Gasteiger partial charge in [-0.3, -0.25) is 9.59 Å². The average Bonchev–Trinajstić information content (AvgIpc) is 2.87. The van der Waals surface area contributed by atoms with Crippen LogP contribution in [0, 0.1) is 6.92 Å². The van der Waals surface area contributed by atoms with Crippen molar-refractivity contribution < 1.29 is 9.59 Å². The number of rotatable bonds is 4. The fourth-order valence-electron chi connectivity index (χ4n) is 2.32. The zero-order valence-corrected chi connectivity index (χ0v) is 14.0. The summed E-state index contributed by atoms with van der Waals surface area (Å²) in [5.41, 5.74) is 2.57. The lowest BCUT2D eigenvalue weighted by Gasteiger charge is -2.07. The molecule has 1 aliphatic rings. The molecule has 0 aromatic heterocycles. The fraction of sp³-hybridized carbons (Fsp3) is 0.167. The summed E-state index contributed by atoms with van der Waals surface area (Å²) in [7, 11) is 0. The fourth-order valence-corrected chi connectivity index (χ4v) is 3.30. The molecule has 122 valence electrons. The maximum Gasteiger partial charge on any atom is 0.240 e. The first-order valence-electron chi connectivity index (χ1n) is 7.58. The van der Waals surface area contributed by atoms with Gasteiger partial charge in [-0.15, -0.1) is 0 Å². The van der Waals surface area contributed by atoms with Crippen molar-refractivity contribution in [3.05, 3.63) is 60.2 Å². The minimum atomic E-state index is -0.461. The number of hydrogen-bond donors (Lipinski definition) is 2. The molecule has 0 aliphatic carbocycles. The molecule has 0 saturated carbocycles. The highest BCUT2D eigenvalue weighted by atomic mass is 32.2. The monoisotopic (exact) mass is 339 g/mol. The molecule has 1 heterocycles. The second kappa shape index (κ2) is 7.31. The summed E-state index contributed by atoms with van der Waals surface area (Å²) in [4.78, 5) is 28.5. The Morgan fingerprint density at radius 3 is 2.75 bits per heavy atom. The van der Waals surface area contributed by atoms with E-state index >= 15 is 0 Å². The van der Waals surface area contributed by atoms with Gasteiger partial charge in [0.1, 0.15) is 5.25 Å². The number of aryl methyl sites for hydroxylation is 1. The van der Waals surface area contributed by atoms with Gasteiger partial charge in [0.2, 0.25) is 11.8 Å². The van der Waals surface area contributed by atoms with Crippen LogP contribution < -0.4 is 10.6 Å². The molecule has 1 unspecified atom stereocenters. The molecule has 2 aromatic rings. The molecule has 5 nitrogen and oxygen atoms in total. The minimum Gasteiger partial charge on any atom is -0.326 e. The number of para-hydroxylation sites is 1. The minimum absolute atomic E-state index is 0.109. The van der Waals surface area contributed by atoms with Gasteiger partial charge < -0.3 is 10.6 Å². The third-order valence-electron chi connectivity index (χ3n) is 3.44. The summed E-state index contributed by atoms with van der Waals surface area (Å²) in [6, 6.07) is 16.9. The van der Waals surface area contributed by atoms with Crippen LogP contribution in [0.3, 0.4) is 0 Å². The molecule has 3 rings (SSSR count). The van der Waals surface area contributed by atoms with Crippen molar-refractivity contribution in [1.29, 1.82) is 0 Å². The molecule has 1 saturated heterocycles.